The van der Waals surface area contributed by atoms with E-state index >= 15 is 0 Å². The van der Waals surface area contributed by atoms with Crippen molar-refractivity contribution >= 4 is 0 Å². The SMILES string of the molecule is Fc1ccc2c(c1)CC(CNC1CC1c1ccccc1)O2. The second kappa shape index (κ2) is 5.15. The largest absolute Gasteiger partial charge is 0.488 e. The smallest absolute Gasteiger partial charge is 0.123 e. The van der Waals surface area contributed by atoms with Gasteiger partial charge in [-0.15, -0.1) is 0 Å². The topological polar surface area (TPSA) is 21.3 Å². The first-order valence-electron chi connectivity index (χ1n) is 7.53. The molecule has 1 aliphatic carbocycles. The van der Waals surface area contributed by atoms with Crippen molar-refractivity contribution in [3.05, 3.63) is 65.5 Å². The molecule has 0 aromatic heterocycles. The van der Waals surface area contributed by atoms with Gasteiger partial charge in [0.15, 0.2) is 0 Å². The quantitative estimate of drug-likeness (QED) is 0.930. The third-order valence-electron chi connectivity index (χ3n) is 4.39. The predicted octanol–water partition coefficient (Wildman–Crippen LogP) is 3.27. The van der Waals surface area contributed by atoms with Crippen LogP contribution >= 0.6 is 0 Å². The van der Waals surface area contributed by atoms with E-state index in [2.05, 4.69) is 35.6 Å². The van der Waals surface area contributed by atoms with Crippen molar-refractivity contribution < 1.29 is 9.13 Å². The van der Waals surface area contributed by atoms with Crippen molar-refractivity contribution in [2.24, 2.45) is 0 Å². The Morgan fingerprint density at radius 2 is 2.00 bits per heavy atom. The van der Waals surface area contributed by atoms with Crippen molar-refractivity contribution in [3.8, 4) is 5.75 Å². The summed E-state index contributed by atoms with van der Waals surface area (Å²) in [6, 6.07) is 15.9. The van der Waals surface area contributed by atoms with E-state index in [0.29, 0.717) is 12.0 Å². The van der Waals surface area contributed by atoms with E-state index in [0.717, 1.165) is 24.3 Å². The third-order valence-corrected chi connectivity index (χ3v) is 4.39. The summed E-state index contributed by atoms with van der Waals surface area (Å²) < 4.78 is 19.0. The molecule has 1 aliphatic heterocycles. The van der Waals surface area contributed by atoms with Gasteiger partial charge in [0.2, 0.25) is 0 Å². The second-order valence-corrected chi connectivity index (χ2v) is 5.96. The lowest BCUT2D eigenvalue weighted by molar-refractivity contribution is 0.227. The van der Waals surface area contributed by atoms with Crippen molar-refractivity contribution in [2.45, 2.75) is 30.9 Å². The summed E-state index contributed by atoms with van der Waals surface area (Å²) in [5.41, 5.74) is 2.39. The van der Waals surface area contributed by atoms with Gasteiger partial charge in [0.1, 0.15) is 17.7 Å². The number of benzene rings is 2. The number of halogens is 1. The number of rotatable bonds is 4. The highest BCUT2D eigenvalue weighted by atomic mass is 19.1. The normalized spacial score (nSPS) is 26.2. The van der Waals surface area contributed by atoms with Crippen molar-refractivity contribution in [2.75, 3.05) is 6.54 Å². The van der Waals surface area contributed by atoms with E-state index in [4.69, 9.17) is 4.74 Å². The minimum Gasteiger partial charge on any atom is -0.488 e. The fourth-order valence-electron chi connectivity index (χ4n) is 3.17. The molecular weight excluding hydrogens is 265 g/mol. The van der Waals surface area contributed by atoms with Crippen LogP contribution in [0.3, 0.4) is 0 Å². The van der Waals surface area contributed by atoms with Gasteiger partial charge >= 0.3 is 0 Å². The summed E-state index contributed by atoms with van der Waals surface area (Å²) in [6.45, 7) is 0.824. The van der Waals surface area contributed by atoms with Gasteiger partial charge in [-0.05, 0) is 30.2 Å². The van der Waals surface area contributed by atoms with Crippen LogP contribution in [0.4, 0.5) is 4.39 Å². The van der Waals surface area contributed by atoms with Crippen molar-refractivity contribution in [3.63, 3.8) is 0 Å². The maximum Gasteiger partial charge on any atom is 0.123 e. The average molecular weight is 283 g/mol. The van der Waals surface area contributed by atoms with Crippen LogP contribution in [0, 0.1) is 5.82 Å². The molecule has 0 spiro atoms. The summed E-state index contributed by atoms with van der Waals surface area (Å²) in [7, 11) is 0. The number of nitrogens with one attached hydrogen (secondary N) is 1. The Labute approximate surface area is 123 Å². The van der Waals surface area contributed by atoms with Crippen molar-refractivity contribution in [1.29, 1.82) is 0 Å². The molecule has 2 aliphatic rings. The van der Waals surface area contributed by atoms with Gasteiger partial charge in [0.05, 0.1) is 0 Å². The first-order valence-corrected chi connectivity index (χ1v) is 7.53. The lowest BCUT2D eigenvalue weighted by Crippen LogP contribution is -2.32. The molecule has 1 saturated carbocycles. The monoisotopic (exact) mass is 283 g/mol. The highest BCUT2D eigenvalue weighted by Gasteiger charge is 2.38. The zero-order valence-corrected chi connectivity index (χ0v) is 11.8. The molecule has 0 saturated heterocycles. The first-order chi connectivity index (χ1) is 10.3. The number of hydrogen-bond donors (Lipinski definition) is 1. The van der Waals surface area contributed by atoms with Gasteiger partial charge in [0, 0.05) is 30.5 Å². The Hall–Kier alpha value is -1.87. The Kier molecular flexibility index (Phi) is 3.15. The van der Waals surface area contributed by atoms with Gasteiger partial charge < -0.3 is 10.1 Å². The minimum atomic E-state index is -0.183. The van der Waals surface area contributed by atoms with E-state index in [1.54, 1.807) is 12.1 Å². The van der Waals surface area contributed by atoms with Crippen LogP contribution in [-0.2, 0) is 6.42 Å². The molecule has 4 rings (SSSR count). The molecule has 3 unspecified atom stereocenters. The second-order valence-electron chi connectivity index (χ2n) is 5.96. The van der Waals surface area contributed by atoms with Gasteiger partial charge in [-0.3, -0.25) is 0 Å². The van der Waals surface area contributed by atoms with Crippen LogP contribution in [0.1, 0.15) is 23.5 Å². The van der Waals surface area contributed by atoms with Crippen LogP contribution in [0.2, 0.25) is 0 Å². The molecule has 0 amide bonds. The fourth-order valence-corrected chi connectivity index (χ4v) is 3.17. The Balaban J connectivity index is 1.30. The molecule has 3 heteroatoms. The van der Waals surface area contributed by atoms with Gasteiger partial charge in [-0.1, -0.05) is 30.3 Å². The van der Waals surface area contributed by atoms with Crippen molar-refractivity contribution in [1.82, 2.24) is 5.32 Å². The Bertz CT molecular complexity index is 643. The maximum absolute atomic E-state index is 13.2. The molecule has 1 heterocycles. The van der Waals surface area contributed by atoms with E-state index in [1.807, 2.05) is 0 Å². The lowest BCUT2D eigenvalue weighted by atomic mass is 10.1. The fraction of sp³-hybridized carbons (Fsp3) is 0.333. The van der Waals surface area contributed by atoms with Crippen LogP contribution < -0.4 is 10.1 Å². The van der Waals surface area contributed by atoms with E-state index < -0.39 is 0 Å². The lowest BCUT2D eigenvalue weighted by Gasteiger charge is -2.11. The van der Waals surface area contributed by atoms with E-state index in [-0.39, 0.29) is 11.9 Å². The zero-order valence-electron chi connectivity index (χ0n) is 11.8. The standard InChI is InChI=1S/C18H18FNO/c19-14-6-7-18-13(8-14)9-15(21-18)11-20-17-10-16(17)12-4-2-1-3-5-12/h1-8,15-17,20H,9-11H2. The van der Waals surface area contributed by atoms with E-state index in [1.165, 1.54) is 18.1 Å². The van der Waals surface area contributed by atoms with E-state index in [9.17, 15) is 4.39 Å². The average Bonchev–Trinajstić information content (AvgIpc) is 3.18. The van der Waals surface area contributed by atoms with Crippen LogP contribution in [0.15, 0.2) is 48.5 Å². The molecule has 2 aromatic carbocycles. The number of hydrogen-bond acceptors (Lipinski definition) is 2. The highest BCUT2D eigenvalue weighted by Crippen LogP contribution is 2.40. The Morgan fingerprint density at radius 3 is 2.86 bits per heavy atom. The molecule has 108 valence electrons. The molecular formula is C18H18FNO. The molecule has 1 N–H and O–H groups in total. The number of fused-ring (bicyclic) bond motifs is 1. The maximum atomic E-state index is 13.2. The van der Waals surface area contributed by atoms with Crippen LogP contribution in [-0.4, -0.2) is 18.7 Å². The van der Waals surface area contributed by atoms with Gasteiger partial charge in [0.25, 0.3) is 0 Å². The summed E-state index contributed by atoms with van der Waals surface area (Å²) in [5.74, 6) is 1.28. The highest BCUT2D eigenvalue weighted by molar-refractivity contribution is 5.38. The molecule has 0 bridgehead atoms. The molecule has 2 aromatic rings. The first kappa shape index (κ1) is 12.8. The third kappa shape index (κ3) is 2.66. The predicted molar refractivity (Wildman–Crippen MR) is 80.1 cm³/mol. The van der Waals surface area contributed by atoms with Gasteiger partial charge in [-0.2, -0.15) is 0 Å². The van der Waals surface area contributed by atoms with Gasteiger partial charge in [-0.25, -0.2) is 4.39 Å². The molecule has 2 nitrogen and oxygen atoms in total. The summed E-state index contributed by atoms with van der Waals surface area (Å²) >= 11 is 0. The molecule has 0 radical (unpaired) electrons. The molecule has 3 atom stereocenters. The molecule has 21 heavy (non-hydrogen) atoms. The van der Waals surface area contributed by atoms with Crippen LogP contribution in [0.25, 0.3) is 0 Å². The molecule has 1 fully saturated rings. The summed E-state index contributed by atoms with van der Waals surface area (Å²) in [5, 5.41) is 3.58. The van der Waals surface area contributed by atoms with Crippen LogP contribution in [0.5, 0.6) is 5.75 Å². The summed E-state index contributed by atoms with van der Waals surface area (Å²) in [4.78, 5) is 0. The number of ether oxygens (including phenoxy) is 1. The zero-order chi connectivity index (χ0) is 14.2. The Morgan fingerprint density at radius 1 is 1.14 bits per heavy atom. The minimum absolute atomic E-state index is 0.124. The summed E-state index contributed by atoms with van der Waals surface area (Å²) in [6.07, 6.45) is 2.11.